The minimum atomic E-state index is -1.34. The van der Waals surface area contributed by atoms with E-state index in [4.69, 9.17) is 4.74 Å². The number of nitrogens with zero attached hydrogens (tertiary/aromatic N) is 2. The van der Waals surface area contributed by atoms with Crippen molar-refractivity contribution in [3.63, 3.8) is 0 Å². The number of benzene rings is 1. The molecule has 1 fully saturated rings. The molecule has 3 N–H and O–H groups in total. The zero-order chi connectivity index (χ0) is 25.4. The molecular weight excluding hydrogens is 448 g/mol. The molecule has 188 valence electrons. The second kappa shape index (κ2) is 11.7. The Balaban J connectivity index is 1.54. The number of aromatic nitrogens is 1. The summed E-state index contributed by atoms with van der Waals surface area (Å²) in [7, 11) is 1.82. The van der Waals surface area contributed by atoms with Crippen molar-refractivity contribution >= 4 is 23.6 Å². The maximum Gasteiger partial charge on any atom is 0.326 e. The van der Waals surface area contributed by atoms with Gasteiger partial charge in [0.25, 0.3) is 0 Å². The number of rotatable bonds is 11. The average Bonchev–Trinajstić information content (AvgIpc) is 3.39. The molecule has 9 nitrogen and oxygen atoms in total. The van der Waals surface area contributed by atoms with Crippen molar-refractivity contribution in [2.45, 2.75) is 45.6 Å². The summed E-state index contributed by atoms with van der Waals surface area (Å²) in [6.07, 6.45) is 2.58. The molecule has 0 bridgehead atoms. The summed E-state index contributed by atoms with van der Waals surface area (Å²) >= 11 is 0. The molecule has 0 saturated carbocycles. The molecule has 2 amide bonds. The first kappa shape index (κ1) is 26.0. The number of carbonyl (C=O) groups excluding carboxylic acids is 2. The number of anilines is 1. The highest BCUT2D eigenvalue weighted by atomic mass is 16.5. The lowest BCUT2D eigenvalue weighted by Crippen LogP contribution is -2.53. The van der Waals surface area contributed by atoms with Gasteiger partial charge in [-0.25, -0.2) is 9.78 Å². The number of likely N-dealkylation sites (tertiary alicyclic amines) is 1. The normalized spacial score (nSPS) is 14.3. The van der Waals surface area contributed by atoms with E-state index in [-0.39, 0.29) is 12.3 Å². The molecule has 2 heterocycles. The highest BCUT2D eigenvalue weighted by Crippen LogP contribution is 2.23. The fourth-order valence-corrected chi connectivity index (χ4v) is 3.94. The summed E-state index contributed by atoms with van der Waals surface area (Å²) < 4.78 is 5.79. The van der Waals surface area contributed by atoms with E-state index in [1.165, 1.54) is 0 Å². The van der Waals surface area contributed by atoms with Crippen LogP contribution in [0.25, 0.3) is 0 Å². The van der Waals surface area contributed by atoms with Gasteiger partial charge < -0.3 is 25.4 Å². The van der Waals surface area contributed by atoms with Crippen LogP contribution in [0.2, 0.25) is 0 Å². The van der Waals surface area contributed by atoms with Crippen molar-refractivity contribution in [3.05, 3.63) is 53.7 Å². The van der Waals surface area contributed by atoms with Gasteiger partial charge >= 0.3 is 5.97 Å². The van der Waals surface area contributed by atoms with Gasteiger partial charge in [0.05, 0.1) is 6.61 Å². The second-order valence-electron chi connectivity index (χ2n) is 9.20. The smallest absolute Gasteiger partial charge is 0.326 e. The lowest BCUT2D eigenvalue weighted by molar-refractivity contribution is -0.151. The third-order valence-electron chi connectivity index (χ3n) is 6.15. The van der Waals surface area contributed by atoms with Crippen LogP contribution in [-0.2, 0) is 27.2 Å². The molecule has 2 aromatic rings. The zero-order valence-electron chi connectivity index (χ0n) is 20.5. The van der Waals surface area contributed by atoms with Crippen molar-refractivity contribution in [1.29, 1.82) is 0 Å². The van der Waals surface area contributed by atoms with E-state index in [1.807, 2.05) is 25.2 Å². The number of nitrogens with one attached hydrogen (secondary N) is 2. The summed E-state index contributed by atoms with van der Waals surface area (Å²) in [5, 5.41) is 15.2. The lowest BCUT2D eigenvalue weighted by Gasteiger charge is -2.29. The largest absolute Gasteiger partial charge is 0.493 e. The van der Waals surface area contributed by atoms with Crippen LogP contribution in [0.5, 0.6) is 5.75 Å². The Bertz CT molecular complexity index is 1030. The van der Waals surface area contributed by atoms with Gasteiger partial charge in [-0.1, -0.05) is 18.2 Å². The van der Waals surface area contributed by atoms with E-state index in [0.29, 0.717) is 31.9 Å². The van der Waals surface area contributed by atoms with Crippen molar-refractivity contribution in [3.8, 4) is 5.75 Å². The number of aliphatic carboxylic acids is 1. The van der Waals surface area contributed by atoms with Crippen molar-refractivity contribution in [2.75, 3.05) is 32.1 Å². The van der Waals surface area contributed by atoms with Crippen LogP contribution in [0.4, 0.5) is 5.82 Å². The van der Waals surface area contributed by atoms with Crippen LogP contribution in [0.15, 0.2) is 42.5 Å². The van der Waals surface area contributed by atoms with Crippen molar-refractivity contribution in [2.24, 2.45) is 5.41 Å². The number of pyridine rings is 1. The molecular formula is C26H34N4O5. The summed E-state index contributed by atoms with van der Waals surface area (Å²) in [4.78, 5) is 43.6. The van der Waals surface area contributed by atoms with E-state index in [9.17, 15) is 19.5 Å². The second-order valence-corrected chi connectivity index (χ2v) is 9.20. The number of carboxylic acids is 1. The molecule has 0 aliphatic carbocycles. The van der Waals surface area contributed by atoms with Gasteiger partial charge in [-0.05, 0) is 56.5 Å². The third kappa shape index (κ3) is 6.94. The number of amides is 2. The number of ether oxygens (including phenoxy) is 1. The van der Waals surface area contributed by atoms with Gasteiger partial charge in [0, 0.05) is 38.7 Å². The summed E-state index contributed by atoms with van der Waals surface area (Å²) in [5.74, 6) is -0.550. The molecule has 9 heteroatoms. The fourth-order valence-electron chi connectivity index (χ4n) is 3.94. The monoisotopic (exact) mass is 482 g/mol. The average molecular weight is 483 g/mol. The Kier molecular flexibility index (Phi) is 8.68. The number of carbonyl (C=O) groups is 3. The van der Waals surface area contributed by atoms with Gasteiger partial charge in [-0.15, -0.1) is 0 Å². The molecule has 35 heavy (non-hydrogen) atoms. The highest BCUT2D eigenvalue weighted by molar-refractivity contribution is 6.05. The van der Waals surface area contributed by atoms with E-state index in [1.54, 1.807) is 43.0 Å². The number of hydrogen-bond donors (Lipinski definition) is 3. The van der Waals surface area contributed by atoms with E-state index in [0.717, 1.165) is 29.9 Å². The maximum absolute atomic E-state index is 12.8. The topological polar surface area (TPSA) is 121 Å². The first-order valence-electron chi connectivity index (χ1n) is 11.9. The Morgan fingerprint density at radius 2 is 1.80 bits per heavy atom. The molecule has 1 atom stereocenters. The Morgan fingerprint density at radius 3 is 2.43 bits per heavy atom. The lowest BCUT2D eigenvalue weighted by atomic mass is 9.89. The molecule has 0 spiro atoms. The van der Waals surface area contributed by atoms with Crippen LogP contribution in [0.1, 0.15) is 37.9 Å². The van der Waals surface area contributed by atoms with Crippen LogP contribution in [0.3, 0.4) is 0 Å². The van der Waals surface area contributed by atoms with E-state index < -0.39 is 23.3 Å². The molecule has 1 saturated heterocycles. The predicted octanol–water partition coefficient (Wildman–Crippen LogP) is 2.51. The molecule has 3 rings (SSSR count). The number of hydrogen-bond acceptors (Lipinski definition) is 6. The van der Waals surface area contributed by atoms with Gasteiger partial charge in [-0.3, -0.25) is 9.59 Å². The Labute approximate surface area is 205 Å². The van der Waals surface area contributed by atoms with E-state index in [2.05, 4.69) is 15.6 Å². The first-order valence-corrected chi connectivity index (χ1v) is 11.9. The molecule has 1 aromatic carbocycles. The Hall–Kier alpha value is -3.62. The highest BCUT2D eigenvalue weighted by Gasteiger charge is 2.41. The van der Waals surface area contributed by atoms with Gasteiger partial charge in [0.1, 0.15) is 23.0 Å². The minimum Gasteiger partial charge on any atom is -0.493 e. The molecule has 1 aromatic heterocycles. The SMILES string of the molecule is CNc1cccc(CCOc2ccc(C[C@H](NC(=O)C(C)(C)C(=O)N3CCCC3)C(=O)O)cc2)n1. The Morgan fingerprint density at radius 1 is 1.11 bits per heavy atom. The summed E-state index contributed by atoms with van der Waals surface area (Å²) in [5.41, 5.74) is 0.314. The summed E-state index contributed by atoms with van der Waals surface area (Å²) in [6, 6.07) is 11.7. The number of carboxylic acid groups (broad SMARTS) is 1. The maximum atomic E-state index is 12.8. The van der Waals surface area contributed by atoms with Crippen LogP contribution < -0.4 is 15.4 Å². The zero-order valence-corrected chi connectivity index (χ0v) is 20.5. The molecule has 0 unspecified atom stereocenters. The molecule has 1 aliphatic heterocycles. The van der Waals surface area contributed by atoms with Gasteiger partial charge in [0.15, 0.2) is 0 Å². The molecule has 1 aliphatic rings. The third-order valence-corrected chi connectivity index (χ3v) is 6.15. The minimum absolute atomic E-state index is 0.0933. The fraction of sp³-hybridized carbons (Fsp3) is 0.462. The van der Waals surface area contributed by atoms with Crippen molar-refractivity contribution < 1.29 is 24.2 Å². The summed E-state index contributed by atoms with van der Waals surface area (Å²) in [6.45, 7) is 4.79. The van der Waals surface area contributed by atoms with Crippen molar-refractivity contribution in [1.82, 2.24) is 15.2 Å². The van der Waals surface area contributed by atoms with Crippen LogP contribution in [0, 0.1) is 5.41 Å². The standard InChI is InChI=1S/C26H34N4O5/c1-26(2,25(34)30-14-4-5-15-30)24(33)29-21(23(31)32)17-18-9-11-20(12-10-18)35-16-13-19-7-6-8-22(27-3)28-19/h6-12,21H,4-5,13-17H2,1-3H3,(H,27,28)(H,29,33)(H,31,32)/t21-/m0/s1. The van der Waals surface area contributed by atoms with Gasteiger partial charge in [-0.2, -0.15) is 0 Å². The predicted molar refractivity (Wildman–Crippen MR) is 132 cm³/mol. The molecule has 0 radical (unpaired) electrons. The van der Waals surface area contributed by atoms with Crippen LogP contribution in [-0.4, -0.2) is 65.6 Å². The van der Waals surface area contributed by atoms with Crippen LogP contribution >= 0.6 is 0 Å². The first-order chi connectivity index (χ1) is 16.7. The quantitative estimate of drug-likeness (QED) is 0.421. The van der Waals surface area contributed by atoms with E-state index >= 15 is 0 Å². The van der Waals surface area contributed by atoms with Gasteiger partial charge in [0.2, 0.25) is 11.8 Å².